The van der Waals surface area contributed by atoms with Gasteiger partial charge in [-0.2, -0.15) is 8.42 Å². The van der Waals surface area contributed by atoms with E-state index < -0.39 is 10.0 Å². The van der Waals surface area contributed by atoms with Crippen LogP contribution in [0.25, 0.3) is 0 Å². The molecule has 0 aromatic heterocycles. The highest BCUT2D eigenvalue weighted by Crippen LogP contribution is 2.25. The number of hydrazone groups is 1. The third-order valence-corrected chi connectivity index (χ3v) is 5.90. The van der Waals surface area contributed by atoms with Crippen molar-refractivity contribution in [3.8, 4) is 0 Å². The van der Waals surface area contributed by atoms with Gasteiger partial charge in [0.25, 0.3) is 0 Å². The summed E-state index contributed by atoms with van der Waals surface area (Å²) < 4.78 is 26.7. The van der Waals surface area contributed by atoms with Gasteiger partial charge in [0, 0.05) is 4.47 Å². The lowest BCUT2D eigenvalue weighted by molar-refractivity contribution is -0.383. The van der Waals surface area contributed by atoms with Crippen molar-refractivity contribution >= 4 is 44.1 Å². The fraction of sp³-hybridized carbons (Fsp3) is 0.364. The van der Waals surface area contributed by atoms with E-state index in [0.29, 0.717) is 11.2 Å². The van der Waals surface area contributed by atoms with Crippen molar-refractivity contribution in [3.63, 3.8) is 0 Å². The van der Waals surface area contributed by atoms with Crippen molar-refractivity contribution in [2.24, 2.45) is 5.92 Å². The number of benzene rings is 1. The Labute approximate surface area is 120 Å². The van der Waals surface area contributed by atoms with Crippen LogP contribution in [-0.4, -0.2) is 24.0 Å². The van der Waals surface area contributed by atoms with Crippen LogP contribution in [-0.2, 0) is 10.0 Å². The van der Waals surface area contributed by atoms with Crippen LogP contribution in [0.1, 0.15) is 13.8 Å². The van der Waals surface area contributed by atoms with Crippen molar-refractivity contribution in [1.82, 2.24) is 4.83 Å². The molecule has 0 amide bonds. The second kappa shape index (κ2) is 5.22. The summed E-state index contributed by atoms with van der Waals surface area (Å²) in [7, 11) is -3.50. The molecule has 1 heterocycles. The summed E-state index contributed by atoms with van der Waals surface area (Å²) >= 11 is 4.76. The SMILES string of the molecule is CC1C=[N+](NS(=O)(=O)c2ccc(Br)cc2)SC1C. The zero-order chi connectivity index (χ0) is 13.3. The minimum absolute atomic E-state index is 0.256. The smallest absolute Gasteiger partial charge is 0.197 e. The topological polar surface area (TPSA) is 49.2 Å². The molecule has 2 atom stereocenters. The summed E-state index contributed by atoms with van der Waals surface area (Å²) in [5.41, 5.74) is 0. The van der Waals surface area contributed by atoms with Gasteiger partial charge < -0.3 is 0 Å². The molecule has 98 valence electrons. The van der Waals surface area contributed by atoms with Crippen LogP contribution in [0, 0.1) is 5.92 Å². The molecular weight excluding hydrogens is 336 g/mol. The van der Waals surface area contributed by atoms with Gasteiger partial charge in [0.05, 0.1) is 16.1 Å². The minimum atomic E-state index is -3.50. The Morgan fingerprint density at radius 3 is 2.39 bits per heavy atom. The number of rotatable bonds is 3. The molecule has 2 rings (SSSR count). The molecule has 0 aliphatic carbocycles. The molecule has 2 unspecified atom stereocenters. The second-order valence-corrected chi connectivity index (χ2v) is 8.12. The molecule has 0 saturated carbocycles. The quantitative estimate of drug-likeness (QED) is 0.673. The Balaban J connectivity index is 2.18. The van der Waals surface area contributed by atoms with Crippen LogP contribution in [0.3, 0.4) is 0 Å². The van der Waals surface area contributed by atoms with Crippen LogP contribution in [0.15, 0.2) is 33.6 Å². The highest BCUT2D eigenvalue weighted by atomic mass is 79.9. The predicted molar refractivity (Wildman–Crippen MR) is 77.0 cm³/mol. The van der Waals surface area contributed by atoms with E-state index >= 15 is 0 Å². The minimum Gasteiger partial charge on any atom is -0.197 e. The largest absolute Gasteiger partial charge is 0.307 e. The summed E-state index contributed by atoms with van der Waals surface area (Å²) in [6, 6.07) is 6.56. The maximum absolute atomic E-state index is 12.1. The first-order valence-electron chi connectivity index (χ1n) is 5.47. The van der Waals surface area contributed by atoms with E-state index in [9.17, 15) is 8.42 Å². The van der Waals surface area contributed by atoms with Gasteiger partial charge in [-0.3, -0.25) is 0 Å². The van der Waals surface area contributed by atoms with Crippen LogP contribution in [0.4, 0.5) is 0 Å². The third-order valence-electron chi connectivity index (χ3n) is 2.72. The average Bonchev–Trinajstić information content (AvgIpc) is 2.57. The Bertz CT molecular complexity index is 569. The molecule has 7 heteroatoms. The van der Waals surface area contributed by atoms with Gasteiger partial charge in [0.15, 0.2) is 18.2 Å². The lowest BCUT2D eigenvalue weighted by Gasteiger charge is -2.03. The third kappa shape index (κ3) is 3.07. The number of nitrogens with zero attached hydrogens (tertiary/aromatic N) is 1. The second-order valence-electron chi connectivity index (χ2n) is 4.19. The van der Waals surface area contributed by atoms with E-state index in [0.717, 1.165) is 4.47 Å². The van der Waals surface area contributed by atoms with Crippen molar-refractivity contribution in [2.75, 3.05) is 0 Å². The van der Waals surface area contributed by atoms with Crippen molar-refractivity contribution in [2.45, 2.75) is 24.0 Å². The van der Waals surface area contributed by atoms with E-state index in [4.69, 9.17) is 0 Å². The number of hydrogen-bond acceptors (Lipinski definition) is 3. The number of hydrogen-bond donors (Lipinski definition) is 1. The summed E-state index contributed by atoms with van der Waals surface area (Å²) in [5, 5.41) is 0.373. The molecule has 1 aromatic carbocycles. The summed E-state index contributed by atoms with van der Waals surface area (Å²) in [6.45, 7) is 4.13. The highest BCUT2D eigenvalue weighted by molar-refractivity contribution is 9.10. The molecule has 1 aromatic rings. The van der Waals surface area contributed by atoms with Gasteiger partial charge >= 0.3 is 10.0 Å². The molecule has 0 fully saturated rings. The molecule has 1 N–H and O–H groups in total. The van der Waals surface area contributed by atoms with E-state index in [1.54, 1.807) is 28.4 Å². The van der Waals surface area contributed by atoms with Crippen LogP contribution >= 0.6 is 27.9 Å². The Morgan fingerprint density at radius 1 is 1.28 bits per heavy atom. The standard InChI is InChI=1S/C11H14BrN2O2S2/c1-8-7-14(17-9(8)2)13-18(15,16)11-5-3-10(12)4-6-11/h3-9,13H,1-2H3/q+1. The fourth-order valence-electron chi connectivity index (χ4n) is 1.48. The zero-order valence-electron chi connectivity index (χ0n) is 10.00. The number of sulfonamides is 1. The molecule has 0 saturated heterocycles. The first kappa shape index (κ1) is 13.9. The predicted octanol–water partition coefficient (Wildman–Crippen LogP) is 2.41. The molecule has 0 radical (unpaired) electrons. The van der Waals surface area contributed by atoms with Crippen LogP contribution < -0.4 is 4.83 Å². The first-order chi connectivity index (χ1) is 8.38. The maximum Gasteiger partial charge on any atom is 0.307 e. The maximum atomic E-state index is 12.1. The van der Waals surface area contributed by atoms with E-state index in [-0.39, 0.29) is 4.90 Å². The number of nitrogens with one attached hydrogen (secondary N) is 1. The van der Waals surface area contributed by atoms with Gasteiger partial charge in [-0.05, 0) is 35.3 Å². The monoisotopic (exact) mass is 349 g/mol. The molecule has 0 bridgehead atoms. The first-order valence-corrected chi connectivity index (χ1v) is 8.59. The average molecular weight is 350 g/mol. The Hall–Kier alpha value is -0.530. The van der Waals surface area contributed by atoms with Crippen molar-refractivity contribution in [1.29, 1.82) is 0 Å². The Kier molecular flexibility index (Phi) is 4.03. The summed E-state index contributed by atoms with van der Waals surface area (Å²) in [6.07, 6.45) is 1.88. The van der Waals surface area contributed by atoms with Gasteiger partial charge in [-0.15, -0.1) is 0 Å². The number of hydrazine groups is 1. The van der Waals surface area contributed by atoms with Gasteiger partial charge in [0.1, 0.15) is 0 Å². The van der Waals surface area contributed by atoms with Gasteiger partial charge in [0.2, 0.25) is 0 Å². The van der Waals surface area contributed by atoms with Gasteiger partial charge in [-0.1, -0.05) is 27.7 Å². The van der Waals surface area contributed by atoms with Crippen molar-refractivity contribution < 1.29 is 12.5 Å². The summed E-state index contributed by atoms with van der Waals surface area (Å²) in [5.74, 6) is 0.350. The zero-order valence-corrected chi connectivity index (χ0v) is 13.2. The molecule has 1 aliphatic heterocycles. The highest BCUT2D eigenvalue weighted by Gasteiger charge is 2.33. The van der Waals surface area contributed by atoms with Crippen LogP contribution in [0.2, 0.25) is 0 Å². The molecule has 1 aliphatic rings. The molecule has 18 heavy (non-hydrogen) atoms. The van der Waals surface area contributed by atoms with E-state index in [1.165, 1.54) is 11.9 Å². The lowest BCUT2D eigenvalue weighted by atomic mass is 10.1. The normalized spacial score (nSPS) is 23.8. The van der Waals surface area contributed by atoms with E-state index in [1.807, 2.05) is 6.21 Å². The van der Waals surface area contributed by atoms with E-state index in [2.05, 4.69) is 34.6 Å². The lowest BCUT2D eigenvalue weighted by Crippen LogP contribution is -2.30. The molecule has 4 nitrogen and oxygen atoms in total. The molecule has 0 spiro atoms. The molecular formula is C11H14BrN2O2S2+. The fourth-order valence-corrected chi connectivity index (χ4v) is 3.99. The van der Waals surface area contributed by atoms with Crippen molar-refractivity contribution in [3.05, 3.63) is 28.7 Å². The summed E-state index contributed by atoms with van der Waals surface area (Å²) in [4.78, 5) is 2.81. The Morgan fingerprint density at radius 2 is 1.89 bits per heavy atom. The number of halogens is 1. The van der Waals surface area contributed by atoms with Crippen LogP contribution in [0.5, 0.6) is 0 Å². The van der Waals surface area contributed by atoms with Gasteiger partial charge in [-0.25, -0.2) is 0 Å².